The summed E-state index contributed by atoms with van der Waals surface area (Å²) in [5, 5.41) is 0.483. The van der Waals surface area contributed by atoms with Gasteiger partial charge in [0.2, 0.25) is 0 Å². The molecule has 1 spiro atoms. The summed E-state index contributed by atoms with van der Waals surface area (Å²) in [6.07, 6.45) is 7.32. The Balaban J connectivity index is 1.57. The fraction of sp³-hybridized carbons (Fsp3) is 0.588. The van der Waals surface area contributed by atoms with E-state index in [0.717, 1.165) is 12.8 Å². The maximum atomic E-state index is 11.3. The van der Waals surface area contributed by atoms with E-state index < -0.39 is 0 Å². The third kappa shape index (κ3) is 3.24. The number of carbonyl (C=O) groups excluding carboxylic acids is 1. The van der Waals surface area contributed by atoms with Crippen LogP contribution >= 0.6 is 11.6 Å². The third-order valence-electron chi connectivity index (χ3n) is 4.62. The maximum Gasteiger partial charge on any atom is 0.159 e. The van der Waals surface area contributed by atoms with Gasteiger partial charge in [-0.1, -0.05) is 24.4 Å². The molecule has 1 aliphatic heterocycles. The molecule has 3 rings (SSSR count). The Hall–Kier alpha value is -1.06. The fourth-order valence-corrected chi connectivity index (χ4v) is 3.65. The van der Waals surface area contributed by atoms with Crippen molar-refractivity contribution >= 4 is 17.4 Å². The van der Waals surface area contributed by atoms with Gasteiger partial charge >= 0.3 is 0 Å². The van der Waals surface area contributed by atoms with Gasteiger partial charge in [0.25, 0.3) is 0 Å². The topological polar surface area (TPSA) is 35.5 Å². The van der Waals surface area contributed by atoms with Crippen molar-refractivity contribution in [1.82, 2.24) is 0 Å². The van der Waals surface area contributed by atoms with Crippen LogP contribution in [0.3, 0.4) is 0 Å². The summed E-state index contributed by atoms with van der Waals surface area (Å²) in [6.45, 7) is 2.06. The molecule has 2 aliphatic rings. The molecular formula is C17H21ClO3. The Kier molecular flexibility index (Phi) is 4.23. The first-order chi connectivity index (χ1) is 10.1. The molecule has 0 amide bonds. The highest BCUT2D eigenvalue weighted by atomic mass is 35.5. The molecule has 1 heterocycles. The van der Waals surface area contributed by atoms with Crippen LogP contribution < -0.4 is 4.74 Å². The molecule has 1 saturated carbocycles. The van der Waals surface area contributed by atoms with Crippen molar-refractivity contribution in [3.8, 4) is 5.75 Å². The number of ketones is 1. The predicted molar refractivity (Wildman–Crippen MR) is 82.3 cm³/mol. The van der Waals surface area contributed by atoms with Gasteiger partial charge in [0, 0.05) is 5.56 Å². The van der Waals surface area contributed by atoms with Crippen LogP contribution in [0.25, 0.3) is 0 Å². The zero-order valence-electron chi connectivity index (χ0n) is 12.4. The van der Waals surface area contributed by atoms with E-state index in [1.807, 2.05) is 0 Å². The van der Waals surface area contributed by atoms with Gasteiger partial charge in [0.1, 0.15) is 12.4 Å². The molecule has 0 radical (unpaired) electrons. The molecule has 114 valence electrons. The molecule has 2 fully saturated rings. The van der Waals surface area contributed by atoms with E-state index >= 15 is 0 Å². The quantitative estimate of drug-likeness (QED) is 0.773. The third-order valence-corrected chi connectivity index (χ3v) is 4.91. The van der Waals surface area contributed by atoms with Crippen molar-refractivity contribution in [2.24, 2.45) is 0 Å². The molecule has 1 aromatic rings. The number of hydrogen-bond donors (Lipinski definition) is 0. The van der Waals surface area contributed by atoms with Crippen LogP contribution in [0.2, 0.25) is 5.02 Å². The van der Waals surface area contributed by atoms with Gasteiger partial charge in [-0.05, 0) is 50.8 Å². The largest absolute Gasteiger partial charge is 0.489 e. The highest BCUT2D eigenvalue weighted by Gasteiger charge is 2.42. The minimum absolute atomic E-state index is 0.00533. The average Bonchev–Trinajstić information content (AvgIpc) is 3.08. The van der Waals surface area contributed by atoms with E-state index in [1.165, 1.54) is 32.6 Å². The summed E-state index contributed by atoms with van der Waals surface area (Å²) >= 11 is 6.16. The second-order valence-electron chi connectivity index (χ2n) is 6.18. The van der Waals surface area contributed by atoms with Crippen molar-refractivity contribution < 1.29 is 14.3 Å². The number of ether oxygens (including phenoxy) is 2. The lowest BCUT2D eigenvalue weighted by Crippen LogP contribution is -2.27. The number of halogens is 1. The first-order valence-corrected chi connectivity index (χ1v) is 8.07. The number of rotatable bonds is 4. The molecule has 21 heavy (non-hydrogen) atoms. The zero-order chi connectivity index (χ0) is 14.9. The highest BCUT2D eigenvalue weighted by Crippen LogP contribution is 2.43. The van der Waals surface area contributed by atoms with Crippen molar-refractivity contribution in [2.75, 3.05) is 6.61 Å². The fourth-order valence-electron chi connectivity index (χ4n) is 3.42. The molecular weight excluding hydrogens is 288 g/mol. The van der Waals surface area contributed by atoms with E-state index in [9.17, 15) is 4.79 Å². The van der Waals surface area contributed by atoms with Crippen LogP contribution in [-0.2, 0) is 4.74 Å². The Bertz CT molecular complexity index is 535. The Morgan fingerprint density at radius 2 is 2.14 bits per heavy atom. The van der Waals surface area contributed by atoms with Gasteiger partial charge < -0.3 is 9.47 Å². The Labute approximate surface area is 130 Å². The summed E-state index contributed by atoms with van der Waals surface area (Å²) in [5.74, 6) is 0.628. The lowest BCUT2D eigenvalue weighted by molar-refractivity contribution is -0.0508. The van der Waals surface area contributed by atoms with Crippen LogP contribution in [0.4, 0.5) is 0 Å². The van der Waals surface area contributed by atoms with Gasteiger partial charge in [-0.2, -0.15) is 0 Å². The molecule has 0 aromatic heterocycles. The summed E-state index contributed by atoms with van der Waals surface area (Å²) in [4.78, 5) is 11.3. The van der Waals surface area contributed by atoms with E-state index in [2.05, 4.69) is 0 Å². The monoisotopic (exact) mass is 308 g/mol. The number of carbonyl (C=O) groups is 1. The summed E-state index contributed by atoms with van der Waals surface area (Å²) in [7, 11) is 0. The second kappa shape index (κ2) is 5.98. The van der Waals surface area contributed by atoms with Crippen LogP contribution in [0.5, 0.6) is 5.75 Å². The Morgan fingerprint density at radius 3 is 2.81 bits per heavy atom. The minimum atomic E-state index is 0.00533. The predicted octanol–water partition coefficient (Wildman–Crippen LogP) is 4.41. The normalized spacial score (nSPS) is 23.6. The molecule has 1 unspecified atom stereocenters. The van der Waals surface area contributed by atoms with Crippen LogP contribution in [0.1, 0.15) is 55.8 Å². The molecule has 1 aromatic carbocycles. The first-order valence-electron chi connectivity index (χ1n) is 7.69. The summed E-state index contributed by atoms with van der Waals surface area (Å²) in [5.41, 5.74) is 0.741. The molecule has 1 aliphatic carbocycles. The molecule has 1 saturated heterocycles. The van der Waals surface area contributed by atoms with E-state index in [-0.39, 0.29) is 17.5 Å². The SMILES string of the molecule is CC(=O)c1ccc(OCC2CCC3(CCCC3)O2)c(Cl)c1. The number of hydrogen-bond acceptors (Lipinski definition) is 3. The summed E-state index contributed by atoms with van der Waals surface area (Å²) in [6, 6.07) is 5.17. The molecule has 3 nitrogen and oxygen atoms in total. The van der Waals surface area contributed by atoms with Gasteiger partial charge in [-0.3, -0.25) is 4.79 Å². The van der Waals surface area contributed by atoms with Crippen LogP contribution in [0.15, 0.2) is 18.2 Å². The smallest absolute Gasteiger partial charge is 0.159 e. The number of Topliss-reactive ketones (excluding diaryl/α,β-unsaturated/α-hetero) is 1. The molecule has 0 bridgehead atoms. The lowest BCUT2D eigenvalue weighted by atomic mass is 9.98. The maximum absolute atomic E-state index is 11.3. The standard InChI is InChI=1S/C17H21ClO3/c1-12(19)13-4-5-16(15(18)10-13)20-11-14-6-9-17(21-14)7-2-3-8-17/h4-5,10,14H,2-3,6-9,11H2,1H3. The zero-order valence-corrected chi connectivity index (χ0v) is 13.1. The molecule has 4 heteroatoms. The van der Waals surface area contributed by atoms with Crippen molar-refractivity contribution in [1.29, 1.82) is 0 Å². The van der Waals surface area contributed by atoms with E-state index in [1.54, 1.807) is 18.2 Å². The van der Waals surface area contributed by atoms with E-state index in [0.29, 0.717) is 22.9 Å². The van der Waals surface area contributed by atoms with Crippen LogP contribution in [0, 0.1) is 0 Å². The van der Waals surface area contributed by atoms with Crippen molar-refractivity contribution in [3.63, 3.8) is 0 Å². The molecule has 0 N–H and O–H groups in total. The van der Waals surface area contributed by atoms with Gasteiger partial charge in [-0.15, -0.1) is 0 Å². The van der Waals surface area contributed by atoms with Gasteiger partial charge in [0.05, 0.1) is 16.7 Å². The van der Waals surface area contributed by atoms with Crippen molar-refractivity contribution in [3.05, 3.63) is 28.8 Å². The number of benzene rings is 1. The van der Waals surface area contributed by atoms with Crippen molar-refractivity contribution in [2.45, 2.75) is 57.2 Å². The van der Waals surface area contributed by atoms with Gasteiger partial charge in [0.15, 0.2) is 5.78 Å². The minimum Gasteiger partial charge on any atom is -0.489 e. The van der Waals surface area contributed by atoms with Gasteiger partial charge in [-0.25, -0.2) is 0 Å². The summed E-state index contributed by atoms with van der Waals surface area (Å²) < 4.78 is 12.0. The lowest BCUT2D eigenvalue weighted by Gasteiger charge is -2.23. The molecule has 1 atom stereocenters. The second-order valence-corrected chi connectivity index (χ2v) is 6.59. The van der Waals surface area contributed by atoms with Crippen LogP contribution in [-0.4, -0.2) is 24.1 Å². The highest BCUT2D eigenvalue weighted by molar-refractivity contribution is 6.32. The average molecular weight is 309 g/mol. The first kappa shape index (κ1) is 14.9. The Morgan fingerprint density at radius 1 is 1.38 bits per heavy atom. The van der Waals surface area contributed by atoms with E-state index in [4.69, 9.17) is 21.1 Å².